The first-order chi connectivity index (χ1) is 15.2. The molecule has 0 aliphatic carbocycles. The Morgan fingerprint density at radius 2 is 2.13 bits per heavy atom. The molecule has 0 radical (unpaired) electrons. The van der Waals surface area contributed by atoms with Crippen LogP contribution < -0.4 is 5.32 Å². The summed E-state index contributed by atoms with van der Waals surface area (Å²) in [6.07, 6.45) is 7.51. The first-order valence-corrected chi connectivity index (χ1v) is 10.7. The number of aryl methyl sites for hydroxylation is 1. The van der Waals surface area contributed by atoms with Gasteiger partial charge in [0.05, 0.1) is 34.6 Å². The van der Waals surface area contributed by atoms with Gasteiger partial charge in [-0.2, -0.15) is 9.78 Å². The van der Waals surface area contributed by atoms with E-state index in [1.54, 1.807) is 41.7 Å². The molecule has 9 heteroatoms. The fraction of sp³-hybridized carbons (Fsp3) is 0.227. The number of pyridine rings is 1. The third kappa shape index (κ3) is 4.68. The average molecular weight is 435 g/mol. The van der Waals surface area contributed by atoms with E-state index in [0.29, 0.717) is 30.2 Å². The molecule has 0 aromatic carbocycles. The van der Waals surface area contributed by atoms with Crippen LogP contribution in [0.25, 0.3) is 16.5 Å². The molecule has 158 valence electrons. The molecule has 0 fully saturated rings. The van der Waals surface area contributed by atoms with Crippen molar-refractivity contribution in [1.82, 2.24) is 30.0 Å². The summed E-state index contributed by atoms with van der Waals surface area (Å²) in [5, 5.41) is 9.34. The number of amides is 1. The molecule has 0 aliphatic heterocycles. The maximum absolute atomic E-state index is 12.8. The fourth-order valence-electron chi connectivity index (χ4n) is 3.17. The normalized spacial score (nSPS) is 10.9. The summed E-state index contributed by atoms with van der Waals surface area (Å²) in [7, 11) is 1.58. The Bertz CT molecular complexity index is 1160. The number of aromatic nitrogens is 5. The summed E-state index contributed by atoms with van der Waals surface area (Å²) in [5.41, 5.74) is 3.92. The van der Waals surface area contributed by atoms with Gasteiger partial charge in [0.25, 0.3) is 11.9 Å². The quantitative estimate of drug-likeness (QED) is 0.458. The molecule has 4 heterocycles. The predicted molar refractivity (Wildman–Crippen MR) is 118 cm³/mol. The molecule has 0 atom stereocenters. The summed E-state index contributed by atoms with van der Waals surface area (Å²) in [4.78, 5) is 27.1. The fourth-order valence-corrected chi connectivity index (χ4v) is 3.95. The Morgan fingerprint density at radius 1 is 1.23 bits per heavy atom. The monoisotopic (exact) mass is 434 g/mol. The number of carbonyl (C=O) groups is 1. The van der Waals surface area contributed by atoms with Crippen molar-refractivity contribution in [3.63, 3.8) is 0 Å². The molecular formula is C22H22N6O2S. The van der Waals surface area contributed by atoms with E-state index in [9.17, 15) is 4.79 Å². The van der Waals surface area contributed by atoms with Crippen LogP contribution in [0.5, 0.6) is 0 Å². The molecule has 0 aliphatic rings. The van der Waals surface area contributed by atoms with Crippen molar-refractivity contribution >= 4 is 17.2 Å². The van der Waals surface area contributed by atoms with Crippen LogP contribution in [0.1, 0.15) is 27.2 Å². The van der Waals surface area contributed by atoms with Gasteiger partial charge in [0.15, 0.2) is 0 Å². The number of nitrogens with zero attached hydrogens (tertiary/aromatic N) is 5. The summed E-state index contributed by atoms with van der Waals surface area (Å²) in [6.45, 7) is 2.67. The lowest BCUT2D eigenvalue weighted by Gasteiger charge is -2.10. The standard InChI is InChI=1S/C22H22N6O2S/c1-15-11-25-22(27-20(15)19-6-4-10-31-19)28-18(14-30-2)17(13-26-28)21(29)24-9-7-16-5-3-8-23-12-16/h3-6,8,10-13H,7,9,14H2,1-2H3,(H,24,29). The molecule has 0 saturated carbocycles. The number of nitrogens with one attached hydrogen (secondary N) is 1. The smallest absolute Gasteiger partial charge is 0.254 e. The highest BCUT2D eigenvalue weighted by Gasteiger charge is 2.20. The van der Waals surface area contributed by atoms with Crippen LogP contribution in [0.3, 0.4) is 0 Å². The molecule has 0 saturated heterocycles. The Kier molecular flexibility index (Phi) is 6.44. The molecule has 1 N–H and O–H groups in total. The van der Waals surface area contributed by atoms with Crippen LogP contribution in [0.4, 0.5) is 0 Å². The van der Waals surface area contributed by atoms with Crippen LogP contribution >= 0.6 is 11.3 Å². The first kappa shape index (κ1) is 20.8. The van der Waals surface area contributed by atoms with Crippen molar-refractivity contribution in [2.24, 2.45) is 0 Å². The van der Waals surface area contributed by atoms with Gasteiger partial charge in [-0.05, 0) is 42.0 Å². The molecule has 1 amide bonds. The summed E-state index contributed by atoms with van der Waals surface area (Å²) >= 11 is 1.61. The van der Waals surface area contributed by atoms with E-state index in [1.807, 2.05) is 36.6 Å². The van der Waals surface area contributed by atoms with Gasteiger partial charge in [0, 0.05) is 32.2 Å². The number of thiophene rings is 1. The largest absolute Gasteiger partial charge is 0.378 e. The summed E-state index contributed by atoms with van der Waals surface area (Å²) < 4.78 is 6.90. The predicted octanol–water partition coefficient (Wildman–Crippen LogP) is 3.21. The second-order valence-electron chi connectivity index (χ2n) is 6.90. The Morgan fingerprint density at radius 3 is 2.87 bits per heavy atom. The van der Waals surface area contributed by atoms with Gasteiger partial charge in [-0.1, -0.05) is 12.1 Å². The Labute approximate surface area is 184 Å². The third-order valence-corrected chi connectivity index (χ3v) is 5.60. The van der Waals surface area contributed by atoms with Crippen LogP contribution in [-0.4, -0.2) is 44.3 Å². The Hall–Kier alpha value is -3.43. The van der Waals surface area contributed by atoms with Gasteiger partial charge >= 0.3 is 0 Å². The topological polar surface area (TPSA) is 94.8 Å². The van der Waals surface area contributed by atoms with Gasteiger partial charge in [0.1, 0.15) is 0 Å². The van der Waals surface area contributed by atoms with Gasteiger partial charge in [0.2, 0.25) is 0 Å². The number of methoxy groups -OCH3 is 1. The minimum atomic E-state index is -0.215. The van der Waals surface area contributed by atoms with E-state index in [0.717, 1.165) is 21.7 Å². The van der Waals surface area contributed by atoms with Gasteiger partial charge in [-0.3, -0.25) is 9.78 Å². The number of rotatable bonds is 8. The SMILES string of the molecule is COCc1c(C(=O)NCCc2cccnc2)cnn1-c1ncc(C)c(-c2cccs2)n1. The highest BCUT2D eigenvalue weighted by Crippen LogP contribution is 2.26. The van der Waals surface area contributed by atoms with Crippen molar-refractivity contribution in [3.8, 4) is 16.5 Å². The molecule has 0 spiro atoms. The first-order valence-electron chi connectivity index (χ1n) is 9.78. The molecule has 4 aromatic heterocycles. The zero-order chi connectivity index (χ0) is 21.6. The van der Waals surface area contributed by atoms with Gasteiger partial charge < -0.3 is 10.1 Å². The lowest BCUT2D eigenvalue weighted by atomic mass is 10.2. The van der Waals surface area contributed by atoms with Crippen molar-refractivity contribution in [3.05, 3.63) is 76.8 Å². The van der Waals surface area contributed by atoms with Crippen LogP contribution in [0.15, 0.2) is 54.4 Å². The zero-order valence-corrected chi connectivity index (χ0v) is 18.1. The highest BCUT2D eigenvalue weighted by molar-refractivity contribution is 7.13. The molecular weight excluding hydrogens is 412 g/mol. The number of carbonyl (C=O) groups excluding carboxylic acids is 1. The van der Waals surface area contributed by atoms with Crippen LogP contribution in [0.2, 0.25) is 0 Å². The summed E-state index contributed by atoms with van der Waals surface area (Å²) in [6, 6.07) is 7.86. The molecule has 0 bridgehead atoms. The molecule has 31 heavy (non-hydrogen) atoms. The lowest BCUT2D eigenvalue weighted by Crippen LogP contribution is -2.26. The van der Waals surface area contributed by atoms with E-state index in [-0.39, 0.29) is 12.5 Å². The van der Waals surface area contributed by atoms with E-state index in [2.05, 4.69) is 20.4 Å². The highest BCUT2D eigenvalue weighted by atomic mass is 32.1. The van der Waals surface area contributed by atoms with Crippen molar-refractivity contribution in [2.45, 2.75) is 20.0 Å². The third-order valence-electron chi connectivity index (χ3n) is 4.72. The summed E-state index contributed by atoms with van der Waals surface area (Å²) in [5.74, 6) is 0.184. The second kappa shape index (κ2) is 9.59. The minimum absolute atomic E-state index is 0.205. The van der Waals surface area contributed by atoms with Crippen molar-refractivity contribution < 1.29 is 9.53 Å². The maximum Gasteiger partial charge on any atom is 0.254 e. The number of hydrogen-bond donors (Lipinski definition) is 1. The van der Waals surface area contributed by atoms with Crippen LogP contribution in [-0.2, 0) is 17.8 Å². The van der Waals surface area contributed by atoms with E-state index < -0.39 is 0 Å². The van der Waals surface area contributed by atoms with Crippen molar-refractivity contribution in [2.75, 3.05) is 13.7 Å². The Balaban J connectivity index is 1.57. The molecule has 8 nitrogen and oxygen atoms in total. The number of hydrogen-bond acceptors (Lipinski definition) is 7. The minimum Gasteiger partial charge on any atom is -0.378 e. The zero-order valence-electron chi connectivity index (χ0n) is 17.3. The van der Waals surface area contributed by atoms with Gasteiger partial charge in [-0.25, -0.2) is 9.97 Å². The van der Waals surface area contributed by atoms with Crippen molar-refractivity contribution in [1.29, 1.82) is 0 Å². The lowest BCUT2D eigenvalue weighted by molar-refractivity contribution is 0.0948. The molecule has 4 aromatic rings. The average Bonchev–Trinajstić information content (AvgIpc) is 3.46. The molecule has 0 unspecified atom stereocenters. The van der Waals surface area contributed by atoms with Gasteiger partial charge in [-0.15, -0.1) is 11.3 Å². The molecule has 4 rings (SSSR count). The van der Waals surface area contributed by atoms with E-state index >= 15 is 0 Å². The maximum atomic E-state index is 12.8. The van der Waals surface area contributed by atoms with E-state index in [4.69, 9.17) is 9.72 Å². The van der Waals surface area contributed by atoms with Crippen LogP contribution in [0, 0.1) is 6.92 Å². The van der Waals surface area contributed by atoms with E-state index in [1.165, 1.54) is 6.20 Å². The second-order valence-corrected chi connectivity index (χ2v) is 7.84. The number of ether oxygens (including phenoxy) is 1.